The zero-order valence-electron chi connectivity index (χ0n) is 22.0. The van der Waals surface area contributed by atoms with Gasteiger partial charge in [-0.05, 0) is 71.7 Å². The third-order valence-corrected chi connectivity index (χ3v) is 7.20. The van der Waals surface area contributed by atoms with Crippen LogP contribution >= 0.6 is 0 Å². The number of alkyl halides is 3. The summed E-state index contributed by atoms with van der Waals surface area (Å²) in [6.07, 6.45) is 0.144. The quantitative estimate of drug-likeness (QED) is 0.287. The maximum absolute atomic E-state index is 13.9. The van der Waals surface area contributed by atoms with Crippen LogP contribution in [0.5, 0.6) is 0 Å². The molecule has 1 aliphatic rings. The first-order chi connectivity index (χ1) is 19.2. The molecule has 10 heteroatoms. The Bertz CT molecular complexity index is 1830. The molecule has 0 atom stereocenters. The van der Waals surface area contributed by atoms with E-state index in [2.05, 4.69) is 32.2 Å². The van der Waals surface area contributed by atoms with Gasteiger partial charge in [-0.1, -0.05) is 54.5 Å². The SMILES string of the molecule is CCCc1nc2c(C(F)(F)F)cc(C)nc2n1Cc1ccc2c(c1)CCc1ccccc1/C2=C/c1noc(=O)[nH]1. The summed E-state index contributed by atoms with van der Waals surface area (Å²) in [5.74, 6) is 0.277. The minimum atomic E-state index is -4.52. The molecule has 1 N–H and O–H groups in total. The number of rotatable bonds is 5. The van der Waals surface area contributed by atoms with Crippen LogP contribution in [0.25, 0.3) is 22.8 Å². The van der Waals surface area contributed by atoms with Crippen LogP contribution in [0.3, 0.4) is 0 Å². The van der Waals surface area contributed by atoms with Crippen LogP contribution in [0.15, 0.2) is 57.8 Å². The summed E-state index contributed by atoms with van der Waals surface area (Å²) < 4.78 is 48.1. The molecule has 0 aliphatic heterocycles. The molecule has 0 unspecified atom stereocenters. The Hall–Kier alpha value is -4.47. The van der Waals surface area contributed by atoms with Crippen molar-refractivity contribution >= 4 is 22.8 Å². The van der Waals surface area contributed by atoms with Crippen molar-refractivity contribution in [2.45, 2.75) is 52.3 Å². The molecule has 0 amide bonds. The number of nitrogens with zero attached hydrogens (tertiary/aromatic N) is 4. The minimum absolute atomic E-state index is 0.112. The molecule has 5 aromatic rings. The molecule has 7 nitrogen and oxygen atoms in total. The molecule has 3 heterocycles. The van der Waals surface area contributed by atoms with Crippen LogP contribution in [0.4, 0.5) is 13.2 Å². The van der Waals surface area contributed by atoms with Gasteiger partial charge in [0.25, 0.3) is 0 Å². The largest absolute Gasteiger partial charge is 0.439 e. The highest BCUT2D eigenvalue weighted by Crippen LogP contribution is 2.37. The van der Waals surface area contributed by atoms with E-state index < -0.39 is 17.5 Å². The molecule has 0 spiro atoms. The van der Waals surface area contributed by atoms with E-state index in [9.17, 15) is 18.0 Å². The molecular weight excluding hydrogens is 519 g/mol. The fraction of sp³-hybridized carbons (Fsp3) is 0.267. The highest BCUT2D eigenvalue weighted by molar-refractivity contribution is 5.93. The lowest BCUT2D eigenvalue weighted by molar-refractivity contribution is -0.136. The number of hydrogen-bond acceptors (Lipinski definition) is 5. The van der Waals surface area contributed by atoms with Gasteiger partial charge in [-0.15, -0.1) is 0 Å². The molecule has 6 rings (SSSR count). The molecule has 0 saturated heterocycles. The molecule has 204 valence electrons. The Balaban J connectivity index is 1.46. The highest BCUT2D eigenvalue weighted by atomic mass is 19.4. The summed E-state index contributed by atoms with van der Waals surface area (Å²) in [7, 11) is 0. The fourth-order valence-electron chi connectivity index (χ4n) is 5.47. The molecule has 0 radical (unpaired) electrons. The van der Waals surface area contributed by atoms with Crippen molar-refractivity contribution < 1.29 is 17.7 Å². The number of hydrogen-bond donors (Lipinski definition) is 1. The van der Waals surface area contributed by atoms with E-state index >= 15 is 0 Å². The van der Waals surface area contributed by atoms with Gasteiger partial charge in [0.1, 0.15) is 11.3 Å². The maximum Gasteiger partial charge on any atom is 0.439 e. The van der Waals surface area contributed by atoms with Crippen molar-refractivity contribution in [1.82, 2.24) is 24.7 Å². The van der Waals surface area contributed by atoms with Gasteiger partial charge >= 0.3 is 11.9 Å². The lowest BCUT2D eigenvalue weighted by atomic mass is 9.92. The Morgan fingerprint density at radius 1 is 1.05 bits per heavy atom. The number of nitrogens with one attached hydrogen (secondary N) is 1. The number of pyridine rings is 1. The highest BCUT2D eigenvalue weighted by Gasteiger charge is 2.35. The van der Waals surface area contributed by atoms with Gasteiger partial charge in [-0.25, -0.2) is 14.8 Å². The van der Waals surface area contributed by atoms with Gasteiger partial charge in [0.15, 0.2) is 11.5 Å². The van der Waals surface area contributed by atoms with E-state index in [1.54, 1.807) is 6.92 Å². The van der Waals surface area contributed by atoms with E-state index in [1.807, 2.05) is 47.9 Å². The summed E-state index contributed by atoms with van der Waals surface area (Å²) in [5.41, 5.74) is 5.81. The van der Waals surface area contributed by atoms with Crippen molar-refractivity contribution in [3.63, 3.8) is 0 Å². The lowest BCUT2D eigenvalue weighted by Gasteiger charge is -2.14. The topological polar surface area (TPSA) is 89.6 Å². The van der Waals surface area contributed by atoms with Gasteiger partial charge in [0, 0.05) is 12.1 Å². The molecule has 3 aromatic heterocycles. The number of aromatic amines is 1. The smallest absolute Gasteiger partial charge is 0.308 e. The summed E-state index contributed by atoms with van der Waals surface area (Å²) >= 11 is 0. The Morgan fingerprint density at radius 3 is 2.58 bits per heavy atom. The van der Waals surface area contributed by atoms with E-state index in [0.717, 1.165) is 53.2 Å². The Labute approximate surface area is 227 Å². The average molecular weight is 546 g/mol. The maximum atomic E-state index is 13.9. The number of imidazole rings is 1. The van der Waals surface area contributed by atoms with Crippen LogP contribution in [-0.2, 0) is 32.0 Å². The third-order valence-electron chi connectivity index (χ3n) is 7.20. The third kappa shape index (κ3) is 4.74. The summed E-state index contributed by atoms with van der Waals surface area (Å²) in [4.78, 5) is 23.1. The van der Waals surface area contributed by atoms with Crippen molar-refractivity contribution in [3.8, 4) is 0 Å². The van der Waals surface area contributed by atoms with E-state index in [0.29, 0.717) is 30.3 Å². The zero-order valence-corrected chi connectivity index (χ0v) is 22.0. The number of benzene rings is 2. The lowest BCUT2D eigenvalue weighted by Crippen LogP contribution is -2.09. The predicted octanol–water partition coefficient (Wildman–Crippen LogP) is 6.12. The number of fused-ring (bicyclic) bond motifs is 3. The first-order valence-electron chi connectivity index (χ1n) is 13.1. The Morgan fingerprint density at radius 2 is 1.82 bits per heavy atom. The second-order valence-electron chi connectivity index (χ2n) is 10.0. The van der Waals surface area contributed by atoms with Crippen LogP contribution in [0, 0.1) is 6.92 Å². The molecule has 40 heavy (non-hydrogen) atoms. The number of aryl methyl sites for hydroxylation is 4. The minimum Gasteiger partial charge on any atom is -0.308 e. The average Bonchev–Trinajstić information content (AvgIpc) is 3.43. The predicted molar refractivity (Wildman–Crippen MR) is 145 cm³/mol. The summed E-state index contributed by atoms with van der Waals surface area (Å²) in [5, 5.41) is 3.82. The first-order valence-corrected chi connectivity index (χ1v) is 13.1. The fourth-order valence-corrected chi connectivity index (χ4v) is 5.47. The molecule has 2 aromatic carbocycles. The van der Waals surface area contributed by atoms with Gasteiger partial charge < -0.3 is 4.57 Å². The van der Waals surface area contributed by atoms with Crippen molar-refractivity contribution in [2.24, 2.45) is 0 Å². The molecule has 0 saturated carbocycles. The molecule has 0 fully saturated rings. The van der Waals surface area contributed by atoms with Crippen LogP contribution in [0.1, 0.15) is 64.1 Å². The van der Waals surface area contributed by atoms with Crippen LogP contribution in [-0.4, -0.2) is 24.7 Å². The van der Waals surface area contributed by atoms with Gasteiger partial charge in [-0.3, -0.25) is 9.51 Å². The second kappa shape index (κ2) is 9.93. The monoisotopic (exact) mass is 545 g/mol. The zero-order chi connectivity index (χ0) is 28.0. The molecule has 0 bridgehead atoms. The number of aromatic nitrogens is 5. The van der Waals surface area contributed by atoms with E-state index in [1.165, 1.54) is 5.56 Å². The summed E-state index contributed by atoms with van der Waals surface area (Å²) in [6.45, 7) is 3.89. The Kier molecular flexibility index (Phi) is 6.40. The normalized spacial score (nSPS) is 14.4. The van der Waals surface area contributed by atoms with Crippen molar-refractivity contribution in [3.05, 3.63) is 110 Å². The number of H-pyrrole nitrogens is 1. The standard InChI is InChI=1S/C30H26F3N5O2/c1-3-6-26-36-27-24(30(31,32)33)13-17(2)34-28(27)38(26)16-18-9-12-22-20(14-18)11-10-19-7-4-5-8-21(19)23(22)15-25-35-29(39)40-37-25/h4-5,7-9,12-15H,3,6,10-11,16H2,1-2H3,(H,35,37,39)/b23-15-. The van der Waals surface area contributed by atoms with E-state index in [4.69, 9.17) is 4.52 Å². The van der Waals surface area contributed by atoms with Gasteiger partial charge in [-0.2, -0.15) is 13.2 Å². The van der Waals surface area contributed by atoms with Crippen LogP contribution < -0.4 is 5.76 Å². The van der Waals surface area contributed by atoms with Gasteiger partial charge in [0.2, 0.25) is 0 Å². The van der Waals surface area contributed by atoms with Crippen molar-refractivity contribution in [1.29, 1.82) is 0 Å². The van der Waals surface area contributed by atoms with Crippen molar-refractivity contribution in [2.75, 3.05) is 0 Å². The molecular formula is C30H26F3N5O2. The molecule has 1 aliphatic carbocycles. The summed E-state index contributed by atoms with van der Waals surface area (Å²) in [6, 6.07) is 15.3. The number of halogens is 3. The van der Waals surface area contributed by atoms with Crippen LogP contribution in [0.2, 0.25) is 0 Å². The first kappa shape index (κ1) is 25.8. The second-order valence-corrected chi connectivity index (χ2v) is 10.0. The van der Waals surface area contributed by atoms with Gasteiger partial charge in [0.05, 0.1) is 12.1 Å². The van der Waals surface area contributed by atoms with E-state index in [-0.39, 0.29) is 11.2 Å².